The van der Waals surface area contributed by atoms with Gasteiger partial charge in [0.05, 0.1) is 13.0 Å². The van der Waals surface area contributed by atoms with Gasteiger partial charge in [0.15, 0.2) is 0 Å². The Morgan fingerprint density at radius 2 is 1.72 bits per heavy atom. The molecule has 3 amide bonds. The predicted molar refractivity (Wildman–Crippen MR) is 102 cm³/mol. The largest absolute Gasteiger partial charge is 0.347 e. The molecule has 4 rings (SSSR count). The quantitative estimate of drug-likeness (QED) is 0.697. The van der Waals surface area contributed by atoms with E-state index < -0.39 is 0 Å². The normalized spacial score (nSPS) is 13.7. The predicted octanol–water partition coefficient (Wildman–Crippen LogP) is 1.17. The van der Waals surface area contributed by atoms with Gasteiger partial charge in [-0.25, -0.2) is 14.6 Å². The van der Waals surface area contributed by atoms with Crippen LogP contribution in [0, 0.1) is 0 Å². The van der Waals surface area contributed by atoms with Crippen LogP contribution in [-0.4, -0.2) is 57.7 Å². The molecule has 1 fully saturated rings. The lowest BCUT2D eigenvalue weighted by molar-refractivity contribution is -0.140. The Kier molecular flexibility index (Phi) is 5.19. The van der Waals surface area contributed by atoms with E-state index in [4.69, 9.17) is 0 Å². The van der Waals surface area contributed by atoms with E-state index >= 15 is 0 Å². The summed E-state index contributed by atoms with van der Waals surface area (Å²) in [7, 11) is 0. The Bertz CT molecular complexity index is 1050. The number of carbonyl (C=O) groups is 3. The molecule has 0 atom stereocenters. The first-order valence-electron chi connectivity index (χ1n) is 9.27. The molecule has 1 aliphatic heterocycles. The fourth-order valence-electron chi connectivity index (χ4n) is 3.26. The Morgan fingerprint density at radius 3 is 2.55 bits per heavy atom. The highest BCUT2D eigenvalue weighted by atomic mass is 16.6. The van der Waals surface area contributed by atoms with E-state index in [0.717, 1.165) is 5.56 Å². The van der Waals surface area contributed by atoms with Crippen molar-refractivity contribution in [1.29, 1.82) is 0 Å². The van der Waals surface area contributed by atoms with Crippen LogP contribution >= 0.6 is 0 Å². The van der Waals surface area contributed by atoms with E-state index in [0.29, 0.717) is 36.1 Å². The lowest BCUT2D eigenvalue weighted by atomic mass is 10.1. The summed E-state index contributed by atoms with van der Waals surface area (Å²) in [5, 5.41) is 12.9. The van der Waals surface area contributed by atoms with E-state index in [1.54, 1.807) is 18.2 Å². The van der Waals surface area contributed by atoms with Crippen LogP contribution in [0.1, 0.15) is 22.3 Å². The summed E-state index contributed by atoms with van der Waals surface area (Å²) in [6.07, 6.45) is 0.867. The van der Waals surface area contributed by atoms with Crippen molar-refractivity contribution in [3.05, 3.63) is 59.7 Å². The second-order valence-corrected chi connectivity index (χ2v) is 6.71. The highest BCUT2D eigenvalue weighted by molar-refractivity contribution is 5.98. The third-order valence-corrected chi connectivity index (χ3v) is 4.70. The molecule has 29 heavy (non-hydrogen) atoms. The van der Waals surface area contributed by atoms with E-state index in [1.165, 1.54) is 10.0 Å². The minimum atomic E-state index is -0.332. The average molecular weight is 393 g/mol. The first-order valence-corrected chi connectivity index (χ1v) is 9.27. The van der Waals surface area contributed by atoms with Crippen LogP contribution in [-0.2, 0) is 16.0 Å². The van der Waals surface area contributed by atoms with Crippen molar-refractivity contribution in [2.75, 3.05) is 19.6 Å². The topological polar surface area (TPSA) is 109 Å². The average Bonchev–Trinajstić information content (AvgIpc) is 3.41. The second kappa shape index (κ2) is 8.09. The minimum absolute atomic E-state index is 0.165. The molecular formula is C20H19N5O4. The highest BCUT2D eigenvalue weighted by Gasteiger charge is 2.31. The van der Waals surface area contributed by atoms with Crippen LogP contribution in [0.5, 0.6) is 0 Å². The van der Waals surface area contributed by atoms with Crippen LogP contribution in [0.15, 0.2) is 53.2 Å². The molecular weight excluding hydrogens is 374 g/mol. The van der Waals surface area contributed by atoms with Crippen LogP contribution in [0.25, 0.3) is 11.0 Å². The van der Waals surface area contributed by atoms with Gasteiger partial charge in [-0.2, -0.15) is 0 Å². The first kappa shape index (κ1) is 18.6. The van der Waals surface area contributed by atoms with Crippen LogP contribution in [0.2, 0.25) is 0 Å². The lowest BCUT2D eigenvalue weighted by Gasteiger charge is -2.28. The maximum atomic E-state index is 12.9. The van der Waals surface area contributed by atoms with E-state index in [2.05, 4.69) is 20.3 Å². The van der Waals surface area contributed by atoms with Gasteiger partial charge in [0.1, 0.15) is 11.0 Å². The van der Waals surface area contributed by atoms with Crippen LogP contribution in [0.3, 0.4) is 0 Å². The Hall–Kier alpha value is -3.75. The summed E-state index contributed by atoms with van der Waals surface area (Å²) in [5.41, 5.74) is 2.28. The number of nitrogens with one attached hydrogen (secondary N) is 1. The van der Waals surface area contributed by atoms with Crippen LogP contribution in [0.4, 0.5) is 0 Å². The number of amides is 3. The molecule has 0 spiro atoms. The maximum Gasteiger partial charge on any atom is 0.272 e. The van der Waals surface area contributed by atoms with Crippen molar-refractivity contribution in [2.45, 2.75) is 12.8 Å². The number of nitrogens with zero attached hydrogens (tertiary/aromatic N) is 4. The summed E-state index contributed by atoms with van der Waals surface area (Å²) in [6, 6.07) is 14.1. The van der Waals surface area contributed by atoms with Gasteiger partial charge in [-0.15, -0.1) is 0 Å². The van der Waals surface area contributed by atoms with Gasteiger partial charge in [0, 0.05) is 18.7 Å². The number of carbonyl (C=O) groups excluding carboxylic acids is 3. The zero-order valence-corrected chi connectivity index (χ0v) is 15.6. The number of fused-ring (bicyclic) bond motifs is 1. The maximum absolute atomic E-state index is 12.9. The number of hydrogen-bond donors (Lipinski definition) is 1. The third-order valence-electron chi connectivity index (χ3n) is 4.70. The molecule has 9 heteroatoms. The smallest absolute Gasteiger partial charge is 0.272 e. The van der Waals surface area contributed by atoms with Crippen molar-refractivity contribution in [3.63, 3.8) is 0 Å². The third kappa shape index (κ3) is 4.08. The van der Waals surface area contributed by atoms with Gasteiger partial charge in [0.25, 0.3) is 11.8 Å². The summed E-state index contributed by atoms with van der Waals surface area (Å²) in [4.78, 5) is 37.6. The molecule has 0 unspecified atom stereocenters. The lowest BCUT2D eigenvalue weighted by Crippen LogP contribution is -2.48. The zero-order valence-electron chi connectivity index (χ0n) is 15.6. The number of hydrogen-bond acceptors (Lipinski definition) is 6. The fraction of sp³-hybridized carbons (Fsp3) is 0.250. The number of rotatable bonds is 5. The van der Waals surface area contributed by atoms with E-state index in [1.807, 2.05) is 30.3 Å². The molecule has 2 heterocycles. The number of hydrazine groups is 1. The highest BCUT2D eigenvalue weighted by Crippen LogP contribution is 2.18. The molecule has 1 N–H and O–H groups in total. The van der Waals surface area contributed by atoms with Crippen molar-refractivity contribution < 1.29 is 19.0 Å². The fourth-order valence-corrected chi connectivity index (χ4v) is 3.26. The zero-order chi connectivity index (χ0) is 20.2. The summed E-state index contributed by atoms with van der Waals surface area (Å²) >= 11 is 0. The Balaban J connectivity index is 1.37. The van der Waals surface area contributed by atoms with Gasteiger partial charge in [-0.05, 0) is 40.5 Å². The van der Waals surface area contributed by atoms with E-state index in [-0.39, 0.29) is 30.7 Å². The SMILES string of the molecule is O=C(Cc1ccccc1)NCC(=O)N1CCCN1C(=O)c1ccc2nonc2c1. The molecule has 0 aliphatic carbocycles. The summed E-state index contributed by atoms with van der Waals surface area (Å²) in [6.45, 7) is 0.687. The monoisotopic (exact) mass is 393 g/mol. The summed E-state index contributed by atoms with van der Waals surface area (Å²) < 4.78 is 4.65. The van der Waals surface area contributed by atoms with E-state index in [9.17, 15) is 14.4 Å². The van der Waals surface area contributed by atoms with Crippen LogP contribution < -0.4 is 5.32 Å². The van der Waals surface area contributed by atoms with Crippen molar-refractivity contribution in [2.24, 2.45) is 0 Å². The van der Waals surface area contributed by atoms with Crippen molar-refractivity contribution >= 4 is 28.8 Å². The molecule has 1 aliphatic rings. The molecule has 148 valence electrons. The molecule has 3 aromatic rings. The minimum Gasteiger partial charge on any atom is -0.347 e. The second-order valence-electron chi connectivity index (χ2n) is 6.71. The number of aromatic nitrogens is 2. The van der Waals surface area contributed by atoms with Crippen molar-refractivity contribution in [1.82, 2.24) is 25.6 Å². The molecule has 0 bridgehead atoms. The van der Waals surface area contributed by atoms with Gasteiger partial charge >= 0.3 is 0 Å². The van der Waals surface area contributed by atoms with Gasteiger partial charge in [-0.1, -0.05) is 30.3 Å². The number of benzene rings is 2. The molecule has 1 saturated heterocycles. The molecule has 9 nitrogen and oxygen atoms in total. The Labute approximate surface area is 166 Å². The summed E-state index contributed by atoms with van der Waals surface area (Å²) in [5.74, 6) is -0.886. The van der Waals surface area contributed by atoms with Gasteiger partial charge < -0.3 is 5.32 Å². The van der Waals surface area contributed by atoms with Gasteiger partial charge in [0.2, 0.25) is 5.91 Å². The first-order chi connectivity index (χ1) is 14.1. The molecule has 1 aromatic heterocycles. The standard InChI is InChI=1S/C20H19N5O4/c26-18(11-14-5-2-1-3-6-14)21-13-19(27)24-9-4-10-25(24)20(28)15-7-8-16-17(12-15)23-29-22-16/h1-3,5-8,12H,4,9-11,13H2,(H,21,26). The molecule has 2 aromatic carbocycles. The van der Waals surface area contributed by atoms with Crippen molar-refractivity contribution in [3.8, 4) is 0 Å². The molecule has 0 radical (unpaired) electrons. The van der Waals surface area contributed by atoms with Gasteiger partial charge in [-0.3, -0.25) is 14.4 Å². The Morgan fingerprint density at radius 1 is 0.966 bits per heavy atom. The molecule has 0 saturated carbocycles.